The molecule has 0 aliphatic carbocycles. The Morgan fingerprint density at radius 2 is 1.88 bits per heavy atom. The van der Waals surface area contributed by atoms with Crippen LogP contribution in [-0.4, -0.2) is 36.3 Å². The molecule has 0 aliphatic rings. The molecule has 0 saturated carbocycles. The normalized spacial score (nSPS) is 12.9. The number of methoxy groups -OCH3 is 1. The average molecular weight is 359 g/mol. The summed E-state index contributed by atoms with van der Waals surface area (Å²) in [5.41, 5.74) is -0.941. The highest BCUT2D eigenvalue weighted by Crippen LogP contribution is 2.39. The summed E-state index contributed by atoms with van der Waals surface area (Å²) in [7, 11) is -1.10. The summed E-state index contributed by atoms with van der Waals surface area (Å²) in [6.45, 7) is 0. The van der Waals surface area contributed by atoms with Crippen LogP contribution in [0.5, 0.6) is 5.75 Å². The Labute approximate surface area is 134 Å². The fourth-order valence-electron chi connectivity index (χ4n) is 2.54. The van der Waals surface area contributed by atoms with Gasteiger partial charge in [-0.25, -0.2) is 13.4 Å². The Balaban J connectivity index is 2.59. The minimum Gasteiger partial charge on any atom is -0.497 e. The number of aromatic nitrogens is 3. The van der Waals surface area contributed by atoms with Crippen LogP contribution >= 0.6 is 0 Å². The van der Waals surface area contributed by atoms with Gasteiger partial charge in [-0.15, -0.1) is 0 Å². The van der Waals surface area contributed by atoms with Crippen LogP contribution in [0.1, 0.15) is 5.69 Å². The first kappa shape index (κ1) is 16.5. The van der Waals surface area contributed by atoms with Gasteiger partial charge in [0.15, 0.2) is 5.69 Å². The van der Waals surface area contributed by atoms with E-state index < -0.39 is 26.9 Å². The van der Waals surface area contributed by atoms with E-state index in [1.807, 2.05) is 0 Å². The van der Waals surface area contributed by atoms with Crippen LogP contribution in [0.2, 0.25) is 0 Å². The molecule has 0 amide bonds. The van der Waals surface area contributed by atoms with Gasteiger partial charge in [0.2, 0.25) is 15.0 Å². The molecule has 3 rings (SSSR count). The van der Waals surface area contributed by atoms with Crippen LogP contribution in [0.3, 0.4) is 0 Å². The zero-order chi connectivity index (χ0) is 17.9. The van der Waals surface area contributed by atoms with Crippen molar-refractivity contribution in [2.24, 2.45) is 7.05 Å². The van der Waals surface area contributed by atoms with Crippen molar-refractivity contribution in [1.29, 1.82) is 0 Å². The minimum absolute atomic E-state index is 0.110. The fraction of sp³-hybridized carbons (Fsp3) is 0.286. The molecule has 6 nitrogen and oxygen atoms in total. The second kappa shape index (κ2) is 5.07. The molecule has 0 radical (unpaired) electrons. The average Bonchev–Trinajstić information content (AvgIpc) is 2.77. The SMILES string of the molecule is COc1ccc2c(c1)c1c(C(F)(F)F)nc(S(C)(=O)=O)nc1n2C. The molecule has 0 saturated heterocycles. The molecule has 0 N–H and O–H groups in total. The summed E-state index contributed by atoms with van der Waals surface area (Å²) in [5.74, 6) is 0.371. The number of hydrogen-bond donors (Lipinski definition) is 0. The lowest BCUT2D eigenvalue weighted by Crippen LogP contribution is -2.14. The van der Waals surface area contributed by atoms with E-state index in [1.54, 1.807) is 12.1 Å². The number of alkyl halides is 3. The van der Waals surface area contributed by atoms with Gasteiger partial charge in [-0.1, -0.05) is 0 Å². The smallest absolute Gasteiger partial charge is 0.434 e. The van der Waals surface area contributed by atoms with E-state index in [4.69, 9.17) is 4.74 Å². The molecular weight excluding hydrogens is 347 g/mol. The molecule has 1 aromatic carbocycles. The van der Waals surface area contributed by atoms with Crippen molar-refractivity contribution in [2.45, 2.75) is 11.3 Å². The summed E-state index contributed by atoms with van der Waals surface area (Å²) >= 11 is 0. The number of ether oxygens (including phenoxy) is 1. The Hall–Kier alpha value is -2.36. The maximum absolute atomic E-state index is 13.5. The van der Waals surface area contributed by atoms with E-state index in [-0.39, 0.29) is 16.4 Å². The molecule has 0 bridgehead atoms. The number of fused-ring (bicyclic) bond motifs is 3. The van der Waals surface area contributed by atoms with Gasteiger partial charge in [0.25, 0.3) is 0 Å². The van der Waals surface area contributed by atoms with E-state index in [2.05, 4.69) is 9.97 Å². The molecule has 0 spiro atoms. The van der Waals surface area contributed by atoms with E-state index in [1.165, 1.54) is 24.8 Å². The lowest BCUT2D eigenvalue weighted by Gasteiger charge is -2.09. The third-order valence-corrected chi connectivity index (χ3v) is 4.47. The summed E-state index contributed by atoms with van der Waals surface area (Å²) in [4.78, 5) is 7.12. The molecular formula is C14H12F3N3O3S. The highest BCUT2D eigenvalue weighted by Gasteiger charge is 2.38. The molecule has 0 aliphatic heterocycles. The van der Waals surface area contributed by atoms with Gasteiger partial charge < -0.3 is 9.30 Å². The lowest BCUT2D eigenvalue weighted by molar-refractivity contribution is -0.140. The summed E-state index contributed by atoms with van der Waals surface area (Å²) in [6, 6.07) is 4.62. The van der Waals surface area contributed by atoms with E-state index in [0.717, 1.165) is 6.26 Å². The van der Waals surface area contributed by atoms with Crippen LogP contribution in [-0.2, 0) is 23.1 Å². The number of aryl methyl sites for hydroxylation is 1. The molecule has 2 aromatic heterocycles. The van der Waals surface area contributed by atoms with Crippen molar-refractivity contribution in [3.63, 3.8) is 0 Å². The van der Waals surface area contributed by atoms with Crippen molar-refractivity contribution >= 4 is 31.8 Å². The number of rotatable bonds is 2. The summed E-state index contributed by atoms with van der Waals surface area (Å²) < 4.78 is 70.2. The van der Waals surface area contributed by atoms with Crippen LogP contribution < -0.4 is 4.74 Å². The van der Waals surface area contributed by atoms with Crippen LogP contribution in [0.15, 0.2) is 23.4 Å². The van der Waals surface area contributed by atoms with E-state index in [9.17, 15) is 21.6 Å². The molecule has 0 unspecified atom stereocenters. The summed E-state index contributed by atoms with van der Waals surface area (Å²) in [6.07, 6.45) is -4.07. The van der Waals surface area contributed by atoms with Crippen LogP contribution in [0.4, 0.5) is 13.2 Å². The molecule has 10 heteroatoms. The molecule has 0 atom stereocenters. The van der Waals surface area contributed by atoms with Gasteiger partial charge in [0.1, 0.15) is 11.4 Å². The van der Waals surface area contributed by atoms with Crippen molar-refractivity contribution in [2.75, 3.05) is 13.4 Å². The van der Waals surface area contributed by atoms with Crippen molar-refractivity contribution in [3.8, 4) is 5.75 Å². The number of nitrogens with zero attached hydrogens (tertiary/aromatic N) is 3. The highest BCUT2D eigenvalue weighted by atomic mass is 32.2. The minimum atomic E-state index is -4.84. The highest BCUT2D eigenvalue weighted by molar-refractivity contribution is 7.90. The molecule has 24 heavy (non-hydrogen) atoms. The third kappa shape index (κ3) is 2.46. The van der Waals surface area contributed by atoms with E-state index in [0.29, 0.717) is 11.3 Å². The van der Waals surface area contributed by atoms with E-state index >= 15 is 0 Å². The second-order valence-electron chi connectivity index (χ2n) is 5.27. The molecule has 3 aromatic rings. The Morgan fingerprint density at radius 3 is 2.42 bits per heavy atom. The number of sulfone groups is 1. The lowest BCUT2D eigenvalue weighted by atomic mass is 10.1. The van der Waals surface area contributed by atoms with Crippen LogP contribution in [0.25, 0.3) is 21.9 Å². The second-order valence-corrected chi connectivity index (χ2v) is 7.17. The van der Waals surface area contributed by atoms with Gasteiger partial charge in [0.05, 0.1) is 18.0 Å². The molecule has 0 fully saturated rings. The first-order chi connectivity index (χ1) is 11.0. The first-order valence-corrected chi connectivity index (χ1v) is 8.54. The van der Waals surface area contributed by atoms with Crippen LogP contribution in [0, 0.1) is 0 Å². The van der Waals surface area contributed by atoms with Gasteiger partial charge in [-0.05, 0) is 18.2 Å². The Kier molecular flexibility index (Phi) is 3.48. The van der Waals surface area contributed by atoms with Crippen molar-refractivity contribution in [1.82, 2.24) is 14.5 Å². The monoisotopic (exact) mass is 359 g/mol. The molecule has 2 heterocycles. The molecule has 128 valence electrons. The predicted octanol–water partition coefficient (Wildman–Crippen LogP) is 2.55. The van der Waals surface area contributed by atoms with Gasteiger partial charge >= 0.3 is 6.18 Å². The number of hydrogen-bond acceptors (Lipinski definition) is 5. The fourth-order valence-corrected chi connectivity index (χ4v) is 3.05. The van der Waals surface area contributed by atoms with Crippen molar-refractivity contribution in [3.05, 3.63) is 23.9 Å². The van der Waals surface area contributed by atoms with Crippen molar-refractivity contribution < 1.29 is 26.3 Å². The summed E-state index contributed by atoms with van der Waals surface area (Å²) in [5, 5.41) is -0.884. The Bertz CT molecular complexity index is 1070. The maximum atomic E-state index is 13.5. The zero-order valence-corrected chi connectivity index (χ0v) is 13.7. The predicted molar refractivity (Wildman–Crippen MR) is 80.7 cm³/mol. The quantitative estimate of drug-likeness (QED) is 0.658. The first-order valence-electron chi connectivity index (χ1n) is 6.65. The maximum Gasteiger partial charge on any atom is 0.434 e. The topological polar surface area (TPSA) is 74.1 Å². The number of halogens is 3. The van der Waals surface area contributed by atoms with Gasteiger partial charge in [-0.2, -0.15) is 18.2 Å². The number of benzene rings is 1. The van der Waals surface area contributed by atoms with Gasteiger partial charge in [0, 0.05) is 18.7 Å². The third-order valence-electron chi connectivity index (χ3n) is 3.62. The largest absolute Gasteiger partial charge is 0.497 e. The standard InChI is InChI=1S/C14H12F3N3O3S/c1-20-9-5-4-7(23-2)6-8(9)10-11(14(15,16)17)18-13(19-12(10)20)24(3,21)22/h4-6H,1-3H3. The van der Waals surface area contributed by atoms with Gasteiger partial charge in [-0.3, -0.25) is 0 Å². The zero-order valence-electron chi connectivity index (χ0n) is 12.8. The Morgan fingerprint density at radius 1 is 1.21 bits per heavy atom.